The van der Waals surface area contributed by atoms with Crippen molar-refractivity contribution < 1.29 is 0 Å². The van der Waals surface area contributed by atoms with Gasteiger partial charge in [-0.1, -0.05) is 67.9 Å². The van der Waals surface area contributed by atoms with Gasteiger partial charge in [0.1, 0.15) is 15.9 Å². The van der Waals surface area contributed by atoms with E-state index in [9.17, 15) is 0 Å². The first-order valence-electron chi connectivity index (χ1n) is 8.55. The van der Waals surface area contributed by atoms with Crippen molar-refractivity contribution in [2.24, 2.45) is 0 Å². The Bertz CT molecular complexity index is 729. The fraction of sp³-hybridized carbons (Fsp3) is 0.182. The molecule has 0 aliphatic carbocycles. The number of hydrogen-bond donors (Lipinski definition) is 0. The summed E-state index contributed by atoms with van der Waals surface area (Å²) in [7, 11) is 0. The third kappa shape index (κ3) is 3.48. The van der Waals surface area contributed by atoms with Gasteiger partial charge in [-0.25, -0.2) is 0 Å². The molecule has 0 aromatic heterocycles. The Hall–Kier alpha value is -1.43. The second-order valence-corrected chi connectivity index (χ2v) is 11.9. The largest absolute Gasteiger partial charge is 0.181 e. The maximum atomic E-state index is 4.26. The van der Waals surface area contributed by atoms with Gasteiger partial charge in [0.2, 0.25) is 0 Å². The van der Waals surface area contributed by atoms with E-state index in [-0.39, 0.29) is 0 Å². The molecule has 0 aliphatic rings. The second-order valence-electron chi connectivity index (χ2n) is 5.99. The zero-order valence-corrected chi connectivity index (χ0v) is 16.5. The Morgan fingerprint density at radius 3 is 1.75 bits per heavy atom. The maximum absolute atomic E-state index is 4.26. The smallest absolute Gasteiger partial charge is 0.0654 e. The van der Waals surface area contributed by atoms with Crippen LogP contribution in [0.15, 0.2) is 84.9 Å². The Morgan fingerprint density at radius 2 is 1.21 bits per heavy atom. The van der Waals surface area contributed by atoms with Crippen molar-refractivity contribution in [3.05, 3.63) is 90.5 Å². The molecular formula is C22H23BrP+. The molecular weight excluding hydrogens is 375 g/mol. The first-order valence-corrected chi connectivity index (χ1v) is 12.4. The normalized spacial score (nSPS) is 11.4. The molecule has 0 heterocycles. The van der Waals surface area contributed by atoms with Crippen LogP contribution in [0.5, 0.6) is 0 Å². The third-order valence-electron chi connectivity index (χ3n) is 4.35. The molecule has 0 nitrogen and oxygen atoms in total. The highest BCUT2D eigenvalue weighted by atomic mass is 79.9. The number of halogens is 1. The molecule has 0 saturated carbocycles. The third-order valence-corrected chi connectivity index (χ3v) is 11.1. The number of aryl methyl sites for hydroxylation is 1. The van der Waals surface area contributed by atoms with Gasteiger partial charge in [0.15, 0.2) is 21.5 Å². The molecule has 24 heavy (non-hydrogen) atoms. The average Bonchev–Trinajstić information content (AvgIpc) is 2.67. The summed E-state index contributed by atoms with van der Waals surface area (Å²) in [5, 5.41) is 4.20. The van der Waals surface area contributed by atoms with Gasteiger partial charge in [0, 0.05) is 0 Å². The lowest BCUT2D eigenvalue weighted by molar-refractivity contribution is 0.798. The Morgan fingerprint density at radius 1 is 0.708 bits per heavy atom. The van der Waals surface area contributed by atoms with E-state index >= 15 is 0 Å². The minimum Gasteiger partial charge on any atom is -0.0654 e. The summed E-state index contributed by atoms with van der Waals surface area (Å²) in [6, 6.07) is 30.7. The predicted molar refractivity (Wildman–Crippen MR) is 113 cm³/mol. The summed E-state index contributed by atoms with van der Waals surface area (Å²) >= 11 is 4.26. The molecule has 0 amide bonds. The molecule has 0 N–H and O–H groups in total. The molecule has 0 atom stereocenters. The van der Waals surface area contributed by atoms with Gasteiger partial charge in [0.25, 0.3) is 0 Å². The monoisotopic (exact) mass is 397 g/mol. The topological polar surface area (TPSA) is 0 Å². The van der Waals surface area contributed by atoms with Crippen LogP contribution in [0.2, 0.25) is 0 Å². The Labute approximate surface area is 154 Å². The molecule has 3 aromatic carbocycles. The van der Waals surface area contributed by atoms with Crippen molar-refractivity contribution in [1.29, 1.82) is 0 Å². The van der Waals surface area contributed by atoms with E-state index < -0.39 is 5.96 Å². The quantitative estimate of drug-likeness (QED) is 0.472. The summed E-state index contributed by atoms with van der Waals surface area (Å²) in [4.78, 5) is 0. The zero-order valence-electron chi connectivity index (χ0n) is 14.0. The SMILES string of the molecule is CCCCc1ccccc1[P+](Br)(c1ccccc1)c1ccccc1. The summed E-state index contributed by atoms with van der Waals surface area (Å²) < 4.78 is 0. The summed E-state index contributed by atoms with van der Waals surface area (Å²) in [6.45, 7) is 2.26. The van der Waals surface area contributed by atoms with Crippen molar-refractivity contribution >= 4 is 37.4 Å². The van der Waals surface area contributed by atoms with E-state index in [2.05, 4.69) is 107 Å². The lowest BCUT2D eigenvalue weighted by Gasteiger charge is -2.22. The second kappa shape index (κ2) is 8.10. The van der Waals surface area contributed by atoms with Gasteiger partial charge in [0.05, 0.1) is 0 Å². The summed E-state index contributed by atoms with van der Waals surface area (Å²) in [6.07, 6.45) is 3.59. The van der Waals surface area contributed by atoms with Crippen molar-refractivity contribution in [2.45, 2.75) is 26.2 Å². The summed E-state index contributed by atoms with van der Waals surface area (Å²) in [5.41, 5.74) is 1.47. The van der Waals surface area contributed by atoms with Crippen LogP contribution in [-0.4, -0.2) is 0 Å². The average molecular weight is 398 g/mol. The molecule has 3 rings (SSSR count). The van der Waals surface area contributed by atoms with Crippen molar-refractivity contribution in [1.82, 2.24) is 0 Å². The maximum Gasteiger partial charge on any atom is 0.181 e. The van der Waals surface area contributed by atoms with Crippen molar-refractivity contribution in [2.75, 3.05) is 0 Å². The highest BCUT2D eigenvalue weighted by Gasteiger charge is 2.44. The molecule has 0 saturated heterocycles. The minimum atomic E-state index is -1.79. The van der Waals surface area contributed by atoms with E-state index in [1.807, 2.05) is 0 Å². The minimum absolute atomic E-state index is 1.14. The van der Waals surface area contributed by atoms with Crippen LogP contribution in [0.1, 0.15) is 25.3 Å². The van der Waals surface area contributed by atoms with E-state index in [0.29, 0.717) is 0 Å². The number of unbranched alkanes of at least 4 members (excludes halogenated alkanes) is 1. The van der Waals surface area contributed by atoms with E-state index in [1.54, 1.807) is 0 Å². The summed E-state index contributed by atoms with van der Waals surface area (Å²) in [5.74, 6) is -1.79. The standard InChI is InChI=1S/C22H23BrP/c1-2-3-12-19-13-10-11-18-22(19)24(23,20-14-6-4-7-15-20)21-16-8-5-9-17-21/h4-11,13-18H,2-3,12H2,1H3/q+1. The fourth-order valence-corrected chi connectivity index (χ4v) is 8.43. The number of rotatable bonds is 6. The molecule has 0 unspecified atom stereocenters. The molecule has 0 spiro atoms. The Balaban J connectivity index is 2.20. The predicted octanol–water partition coefficient (Wildman–Crippen LogP) is 5.63. The molecule has 0 fully saturated rings. The molecule has 0 radical (unpaired) electrons. The number of benzene rings is 3. The molecule has 3 aromatic rings. The molecule has 0 bridgehead atoms. The van der Waals surface area contributed by atoms with Gasteiger partial charge in [-0.05, 0) is 48.7 Å². The van der Waals surface area contributed by atoms with Crippen LogP contribution >= 0.6 is 21.5 Å². The van der Waals surface area contributed by atoms with Crippen molar-refractivity contribution in [3.63, 3.8) is 0 Å². The molecule has 2 heteroatoms. The van der Waals surface area contributed by atoms with Crippen LogP contribution in [-0.2, 0) is 6.42 Å². The van der Waals surface area contributed by atoms with E-state index in [4.69, 9.17) is 0 Å². The Kier molecular flexibility index (Phi) is 5.87. The molecule has 122 valence electrons. The van der Waals surface area contributed by atoms with Gasteiger partial charge < -0.3 is 0 Å². The fourth-order valence-electron chi connectivity index (χ4n) is 3.08. The van der Waals surface area contributed by atoms with Crippen LogP contribution in [0.3, 0.4) is 0 Å². The van der Waals surface area contributed by atoms with Crippen molar-refractivity contribution in [3.8, 4) is 0 Å². The van der Waals surface area contributed by atoms with Crippen LogP contribution in [0.25, 0.3) is 0 Å². The van der Waals surface area contributed by atoms with Gasteiger partial charge in [-0.2, -0.15) is 0 Å². The van der Waals surface area contributed by atoms with Crippen LogP contribution in [0, 0.1) is 0 Å². The van der Waals surface area contributed by atoms with E-state index in [0.717, 1.165) is 6.42 Å². The highest BCUT2D eigenvalue weighted by molar-refractivity contribution is 9.44. The van der Waals surface area contributed by atoms with Gasteiger partial charge >= 0.3 is 0 Å². The van der Waals surface area contributed by atoms with E-state index in [1.165, 1.54) is 34.3 Å². The molecule has 0 aliphatic heterocycles. The first kappa shape index (κ1) is 17.4. The van der Waals surface area contributed by atoms with Crippen LogP contribution < -0.4 is 15.9 Å². The lowest BCUT2D eigenvalue weighted by atomic mass is 10.1. The first-order chi connectivity index (χ1) is 11.8. The van der Waals surface area contributed by atoms with Crippen LogP contribution in [0.4, 0.5) is 0 Å². The van der Waals surface area contributed by atoms with Gasteiger partial charge in [-0.15, -0.1) is 0 Å². The number of hydrogen-bond acceptors (Lipinski definition) is 0. The lowest BCUT2D eigenvalue weighted by Crippen LogP contribution is -2.29. The van der Waals surface area contributed by atoms with Gasteiger partial charge in [-0.3, -0.25) is 0 Å². The zero-order chi connectivity index (χ0) is 16.8. The highest BCUT2D eigenvalue weighted by Crippen LogP contribution is 2.63.